The van der Waals surface area contributed by atoms with Crippen molar-refractivity contribution in [2.24, 2.45) is 5.92 Å². The molecule has 2 aromatic carbocycles. The van der Waals surface area contributed by atoms with Gasteiger partial charge in [0.05, 0.1) is 0 Å². The van der Waals surface area contributed by atoms with E-state index in [1.807, 2.05) is 12.1 Å². The smallest absolute Gasteiger partial charge is 1.00 e. The van der Waals surface area contributed by atoms with E-state index in [0.717, 1.165) is 17.2 Å². The fourth-order valence-electron chi connectivity index (χ4n) is 5.26. The molecule has 0 saturated carbocycles. The number of fused-ring (bicyclic) bond motifs is 1. The minimum Gasteiger partial charge on any atom is -1.00 e. The normalized spacial score (nSPS) is 19.1. The van der Waals surface area contributed by atoms with Crippen LogP contribution in [0.1, 0.15) is 53.6 Å². The van der Waals surface area contributed by atoms with Crippen molar-refractivity contribution in [3.63, 3.8) is 0 Å². The molecular weight excluding hydrogens is 572 g/mol. The second-order valence-electron chi connectivity index (χ2n) is 9.21. The summed E-state index contributed by atoms with van der Waals surface area (Å²) >= 11 is -2.16. The Kier molecular flexibility index (Phi) is 9.53. The SMILES string of the molecule is CC1=C(C)C(C)[C]([Zr+2]([CH]2C=C(c3cccc(C(F)(F)F)c3)c3ccccc32)=[Si](C)C)=C1C.[Cl-].[Cl-]. The maximum atomic E-state index is 13.4. The summed E-state index contributed by atoms with van der Waals surface area (Å²) in [5, 5.41) is 0. The topological polar surface area (TPSA) is 0 Å². The summed E-state index contributed by atoms with van der Waals surface area (Å²) in [6, 6.07) is 14.2. The zero-order valence-electron chi connectivity index (χ0n) is 20.2. The third kappa shape index (κ3) is 5.14. The van der Waals surface area contributed by atoms with E-state index in [0.29, 0.717) is 15.1 Å². The van der Waals surface area contributed by atoms with Gasteiger partial charge in [-0.05, 0) is 0 Å². The molecule has 0 heterocycles. The van der Waals surface area contributed by atoms with Crippen LogP contribution in [0.5, 0.6) is 0 Å². The Labute approximate surface area is 221 Å². The Morgan fingerprint density at radius 2 is 1.53 bits per heavy atom. The first kappa shape index (κ1) is 29.4. The van der Waals surface area contributed by atoms with Crippen LogP contribution >= 0.6 is 0 Å². The average molecular weight is 601 g/mol. The van der Waals surface area contributed by atoms with Crippen LogP contribution in [0.25, 0.3) is 5.57 Å². The van der Waals surface area contributed by atoms with Gasteiger partial charge in [-0.15, -0.1) is 0 Å². The van der Waals surface area contributed by atoms with Gasteiger partial charge in [-0.25, -0.2) is 0 Å². The van der Waals surface area contributed by atoms with Gasteiger partial charge < -0.3 is 24.8 Å². The van der Waals surface area contributed by atoms with Gasteiger partial charge in [0.25, 0.3) is 0 Å². The standard InChI is InChI=1S/C16H10F3.C9H13.C2H6Si.2ClH.Zr/c17-16(18,19)13-6-3-5-12(10-13)15-9-8-11-4-1-2-7-14(11)15;1-6-5-7(2)9(4)8(6)3;1-3-2;;;/h1-10H;6H,1-4H3;1-2H3;2*1H;/q;;;;;+2/p-2. The quantitative estimate of drug-likeness (QED) is 0.475. The molecule has 2 aliphatic rings. The Hall–Kier alpha value is -0.870. The first-order chi connectivity index (χ1) is 15.0. The molecule has 34 heavy (non-hydrogen) atoms. The predicted octanol–water partition coefficient (Wildman–Crippen LogP) is 2.33. The first-order valence-corrected chi connectivity index (χ1v) is 19.9. The Morgan fingerprint density at radius 3 is 2.09 bits per heavy atom. The van der Waals surface area contributed by atoms with Crippen LogP contribution in [0.15, 0.2) is 74.6 Å². The molecule has 0 fully saturated rings. The molecule has 0 N–H and O–H groups in total. The van der Waals surface area contributed by atoms with Gasteiger partial charge in [-0.1, -0.05) is 0 Å². The van der Waals surface area contributed by atoms with Crippen LogP contribution in [0.3, 0.4) is 0 Å². The molecule has 0 spiro atoms. The number of hydrogen-bond donors (Lipinski definition) is 0. The summed E-state index contributed by atoms with van der Waals surface area (Å²) in [6.45, 7) is 14.1. The second-order valence-corrected chi connectivity index (χ2v) is 26.7. The maximum absolute atomic E-state index is 13.4. The zero-order valence-corrected chi connectivity index (χ0v) is 25.2. The van der Waals surface area contributed by atoms with Crippen LogP contribution in [0.4, 0.5) is 13.2 Å². The average Bonchev–Trinajstić information content (AvgIpc) is 3.21. The molecule has 2 unspecified atom stereocenters. The van der Waals surface area contributed by atoms with Crippen molar-refractivity contribution in [2.75, 3.05) is 0 Å². The van der Waals surface area contributed by atoms with E-state index in [-0.39, 0.29) is 24.8 Å². The van der Waals surface area contributed by atoms with E-state index >= 15 is 0 Å². The molecule has 2 atom stereocenters. The van der Waals surface area contributed by atoms with Crippen molar-refractivity contribution in [3.8, 4) is 0 Å². The summed E-state index contributed by atoms with van der Waals surface area (Å²) in [4.78, 5) is 0. The number of allylic oxidation sites excluding steroid dienone is 5. The van der Waals surface area contributed by atoms with Crippen molar-refractivity contribution in [1.82, 2.24) is 0 Å². The molecule has 0 amide bonds. The molecular formula is C27H29Cl2F3SiZr. The summed E-state index contributed by atoms with van der Waals surface area (Å²) < 4.78 is 42.3. The molecule has 0 nitrogen and oxygen atoms in total. The van der Waals surface area contributed by atoms with Crippen LogP contribution < -0.4 is 24.8 Å². The van der Waals surface area contributed by atoms with Gasteiger partial charge in [-0.2, -0.15) is 0 Å². The molecule has 2 aromatic rings. The van der Waals surface area contributed by atoms with E-state index < -0.39 is 37.5 Å². The molecule has 0 bridgehead atoms. The number of benzene rings is 2. The molecule has 0 aromatic heterocycles. The van der Waals surface area contributed by atoms with Crippen molar-refractivity contribution in [1.29, 1.82) is 0 Å². The van der Waals surface area contributed by atoms with Crippen molar-refractivity contribution >= 4 is 11.0 Å². The van der Waals surface area contributed by atoms with Gasteiger partial charge in [0.15, 0.2) is 0 Å². The minimum atomic E-state index is -4.33. The van der Waals surface area contributed by atoms with Crippen molar-refractivity contribution < 1.29 is 58.4 Å². The van der Waals surface area contributed by atoms with Gasteiger partial charge in [0.2, 0.25) is 0 Å². The predicted molar refractivity (Wildman–Crippen MR) is 125 cm³/mol. The van der Waals surface area contributed by atoms with E-state index in [9.17, 15) is 13.2 Å². The zero-order chi connectivity index (χ0) is 23.4. The second kappa shape index (κ2) is 11.0. The largest absolute Gasteiger partial charge is 1.00 e. The Balaban J connectivity index is 0.00000204. The third-order valence-corrected chi connectivity index (χ3v) is 25.8. The van der Waals surface area contributed by atoms with E-state index in [1.54, 1.807) is 3.28 Å². The van der Waals surface area contributed by atoms with Gasteiger partial charge in [0, 0.05) is 0 Å². The van der Waals surface area contributed by atoms with Crippen molar-refractivity contribution in [3.05, 3.63) is 96.9 Å². The summed E-state index contributed by atoms with van der Waals surface area (Å²) in [5.74, 6) is 0.502. The van der Waals surface area contributed by atoms with Crippen LogP contribution in [-0.4, -0.2) is 5.43 Å². The van der Waals surface area contributed by atoms with Gasteiger partial charge in [-0.3, -0.25) is 0 Å². The van der Waals surface area contributed by atoms with Gasteiger partial charge in [0.1, 0.15) is 0 Å². The number of hydrogen-bond acceptors (Lipinski definition) is 0. The van der Waals surface area contributed by atoms with Crippen LogP contribution in [-0.2, 0) is 26.5 Å². The molecule has 4 rings (SSSR count). The molecule has 2 aliphatic carbocycles. The van der Waals surface area contributed by atoms with Crippen LogP contribution in [0.2, 0.25) is 13.1 Å². The summed E-state index contributed by atoms with van der Waals surface area (Å²) in [6.07, 6.45) is -2.00. The van der Waals surface area contributed by atoms with E-state index in [1.165, 1.54) is 34.4 Å². The molecule has 0 aliphatic heterocycles. The maximum Gasteiger partial charge on any atom is -1.00 e. The summed E-state index contributed by atoms with van der Waals surface area (Å²) in [7, 11) is 0. The first-order valence-electron chi connectivity index (χ1n) is 11.1. The number of alkyl halides is 3. The monoisotopic (exact) mass is 598 g/mol. The third-order valence-electron chi connectivity index (χ3n) is 7.20. The molecule has 180 valence electrons. The van der Waals surface area contributed by atoms with E-state index in [2.05, 4.69) is 65.1 Å². The summed E-state index contributed by atoms with van der Waals surface area (Å²) in [5.41, 5.74) is 7.41. The fraction of sp³-hybridized carbons (Fsp3) is 0.333. The number of halogens is 5. The molecule has 7 heteroatoms. The Morgan fingerprint density at radius 1 is 0.882 bits per heavy atom. The van der Waals surface area contributed by atoms with Crippen LogP contribution in [0, 0.1) is 5.92 Å². The van der Waals surface area contributed by atoms with Gasteiger partial charge >= 0.3 is 198 Å². The van der Waals surface area contributed by atoms with Crippen molar-refractivity contribution in [2.45, 2.75) is 50.6 Å². The minimum absolute atomic E-state index is 0. The molecule has 0 radical (unpaired) electrons. The molecule has 0 saturated heterocycles. The number of rotatable bonds is 3. The Bertz CT molecular complexity index is 1230. The van der Waals surface area contributed by atoms with E-state index in [4.69, 9.17) is 0 Å². The fourth-order valence-corrected chi connectivity index (χ4v) is 24.9.